The number of amides is 1. The minimum absolute atomic E-state index is 0.239. The Hall–Kier alpha value is -4.32. The molecule has 0 aliphatic carbocycles. The van der Waals surface area contributed by atoms with Gasteiger partial charge in [0, 0.05) is 33.4 Å². The van der Waals surface area contributed by atoms with Crippen LogP contribution in [0.5, 0.6) is 5.75 Å². The molecule has 0 aliphatic heterocycles. The Kier molecular flexibility index (Phi) is 8.24. The predicted octanol–water partition coefficient (Wildman–Crippen LogP) is 1.73. The number of methoxy groups -OCH3 is 1. The monoisotopic (exact) mass is 464 g/mol. The molecular weight excluding hydrogens is 436 g/mol. The second kappa shape index (κ2) is 11.5. The molecule has 0 aliphatic rings. The summed E-state index contributed by atoms with van der Waals surface area (Å²) in [5.41, 5.74) is 7.02. The first-order valence-corrected chi connectivity index (χ1v) is 10.5. The molecule has 178 valence electrons. The zero-order valence-electron chi connectivity index (χ0n) is 19.5. The van der Waals surface area contributed by atoms with E-state index in [1.54, 1.807) is 44.4 Å². The van der Waals surface area contributed by atoms with Crippen molar-refractivity contribution < 1.29 is 9.53 Å². The number of hydrogen-bond acceptors (Lipinski definition) is 9. The molecule has 0 spiro atoms. The largest absolute Gasteiger partial charge is 0.494 e. The molecule has 0 fully saturated rings. The van der Waals surface area contributed by atoms with Crippen molar-refractivity contribution in [3.63, 3.8) is 0 Å². The topological polar surface area (TPSA) is 157 Å². The number of nitrogens with two attached hydrogens (primary N) is 1. The highest BCUT2D eigenvalue weighted by Gasteiger charge is 2.19. The van der Waals surface area contributed by atoms with E-state index in [1.807, 2.05) is 25.1 Å². The van der Waals surface area contributed by atoms with Crippen LogP contribution in [0, 0.1) is 0 Å². The minimum Gasteiger partial charge on any atom is -0.494 e. The van der Waals surface area contributed by atoms with E-state index in [9.17, 15) is 4.79 Å². The number of amidine groups is 1. The standard InChI is InChI=1S/C22H28N10O2/c1-5-7-17(24-2)29-22-26-12-15(21(33)25-11-10-23)20(30-22)28-16-9-6-8-14(18(16)34-4)19-27-13-32(3)31-19/h5-9,12-13H,10-11,23H2,1-4H3,(H,25,33)(H2,24,26,28,29,30)/b7-5-. The van der Waals surface area contributed by atoms with Crippen molar-refractivity contribution in [3.05, 3.63) is 48.4 Å². The van der Waals surface area contributed by atoms with Gasteiger partial charge in [0.25, 0.3) is 5.91 Å². The summed E-state index contributed by atoms with van der Waals surface area (Å²) in [5, 5.41) is 13.3. The van der Waals surface area contributed by atoms with E-state index in [4.69, 9.17) is 10.5 Å². The van der Waals surface area contributed by atoms with Crippen LogP contribution in [0.25, 0.3) is 11.4 Å². The van der Waals surface area contributed by atoms with Crippen LogP contribution in [-0.2, 0) is 7.05 Å². The van der Waals surface area contributed by atoms with Crippen LogP contribution in [0.2, 0.25) is 0 Å². The van der Waals surface area contributed by atoms with Crippen molar-refractivity contribution in [2.45, 2.75) is 6.92 Å². The van der Waals surface area contributed by atoms with Crippen molar-refractivity contribution in [1.82, 2.24) is 30.0 Å². The van der Waals surface area contributed by atoms with E-state index in [0.717, 1.165) is 0 Å². The van der Waals surface area contributed by atoms with E-state index in [2.05, 4.69) is 41.0 Å². The Morgan fingerprint density at radius 2 is 2.15 bits per heavy atom. The summed E-state index contributed by atoms with van der Waals surface area (Å²) < 4.78 is 7.27. The Labute approximate surface area is 197 Å². The average Bonchev–Trinajstić information content (AvgIpc) is 3.28. The number of hydrogen-bond donors (Lipinski definition) is 4. The number of aryl methyl sites for hydroxylation is 1. The summed E-state index contributed by atoms with van der Waals surface area (Å²) >= 11 is 0. The smallest absolute Gasteiger partial charge is 0.256 e. The fourth-order valence-corrected chi connectivity index (χ4v) is 3.05. The van der Waals surface area contributed by atoms with E-state index in [0.29, 0.717) is 41.7 Å². The molecule has 0 radical (unpaired) electrons. The van der Waals surface area contributed by atoms with Crippen LogP contribution in [-0.4, -0.2) is 63.7 Å². The fraction of sp³-hybridized carbons (Fsp3) is 0.273. The van der Waals surface area contributed by atoms with Gasteiger partial charge in [-0.25, -0.2) is 9.97 Å². The van der Waals surface area contributed by atoms with Crippen LogP contribution in [0.15, 0.2) is 47.9 Å². The molecule has 3 rings (SSSR count). The number of aromatic nitrogens is 5. The van der Waals surface area contributed by atoms with Gasteiger partial charge in [-0.3, -0.25) is 14.5 Å². The van der Waals surface area contributed by atoms with Gasteiger partial charge in [0.15, 0.2) is 11.6 Å². The molecule has 0 bridgehead atoms. The number of carbonyl (C=O) groups is 1. The molecule has 0 atom stereocenters. The van der Waals surface area contributed by atoms with Gasteiger partial charge in [0.1, 0.15) is 23.5 Å². The fourth-order valence-electron chi connectivity index (χ4n) is 3.05. The number of benzene rings is 1. The third-order valence-electron chi connectivity index (χ3n) is 4.58. The summed E-state index contributed by atoms with van der Waals surface area (Å²) in [6.07, 6.45) is 6.66. The van der Waals surface area contributed by atoms with Gasteiger partial charge >= 0.3 is 0 Å². The van der Waals surface area contributed by atoms with Gasteiger partial charge < -0.3 is 26.4 Å². The second-order valence-electron chi connectivity index (χ2n) is 6.99. The predicted molar refractivity (Wildman–Crippen MR) is 131 cm³/mol. The van der Waals surface area contributed by atoms with Crippen molar-refractivity contribution in [3.8, 4) is 17.1 Å². The number of nitrogens with zero attached hydrogens (tertiary/aromatic N) is 6. The summed E-state index contributed by atoms with van der Waals surface area (Å²) in [5.74, 6) is 1.74. The van der Waals surface area contributed by atoms with E-state index < -0.39 is 0 Å². The number of rotatable bonds is 9. The lowest BCUT2D eigenvalue weighted by atomic mass is 10.1. The highest BCUT2D eigenvalue weighted by atomic mass is 16.5. The quantitative estimate of drug-likeness (QED) is 0.273. The first-order valence-electron chi connectivity index (χ1n) is 10.5. The molecule has 5 N–H and O–H groups in total. The molecule has 0 unspecified atom stereocenters. The number of aliphatic imine (C=N–C) groups is 1. The lowest BCUT2D eigenvalue weighted by Crippen LogP contribution is -2.30. The molecule has 12 heteroatoms. The van der Waals surface area contributed by atoms with Crippen molar-refractivity contribution in [1.29, 1.82) is 0 Å². The molecule has 1 aromatic carbocycles. The maximum Gasteiger partial charge on any atom is 0.256 e. The van der Waals surface area contributed by atoms with E-state index in [1.165, 1.54) is 6.20 Å². The Balaban J connectivity index is 2.04. The Morgan fingerprint density at radius 1 is 1.32 bits per heavy atom. The summed E-state index contributed by atoms with van der Waals surface area (Å²) in [7, 11) is 4.99. The highest BCUT2D eigenvalue weighted by molar-refractivity contribution is 6.03. The summed E-state index contributed by atoms with van der Waals surface area (Å²) in [6.45, 7) is 2.50. The van der Waals surface area contributed by atoms with Crippen LogP contribution in [0.1, 0.15) is 17.3 Å². The Bertz CT molecular complexity index is 1200. The number of para-hydroxylation sites is 1. The van der Waals surface area contributed by atoms with Crippen LogP contribution >= 0.6 is 0 Å². The van der Waals surface area contributed by atoms with Gasteiger partial charge in [-0.15, -0.1) is 0 Å². The molecule has 34 heavy (non-hydrogen) atoms. The van der Waals surface area contributed by atoms with Gasteiger partial charge in [0.2, 0.25) is 5.95 Å². The van der Waals surface area contributed by atoms with Crippen LogP contribution < -0.4 is 26.4 Å². The SMILES string of the molecule is C/C=C\C(=NC)Nc1ncc(C(=O)NCCN)c(Nc2cccc(-c3ncn(C)n3)c2OC)n1. The second-order valence-corrected chi connectivity index (χ2v) is 6.99. The van der Waals surface area contributed by atoms with Crippen LogP contribution in [0.4, 0.5) is 17.5 Å². The minimum atomic E-state index is -0.362. The maximum atomic E-state index is 12.8. The van der Waals surface area contributed by atoms with Crippen LogP contribution in [0.3, 0.4) is 0 Å². The first kappa shape index (κ1) is 24.3. The maximum absolute atomic E-state index is 12.8. The number of ether oxygens (including phenoxy) is 1. The molecule has 3 aromatic rings. The zero-order valence-corrected chi connectivity index (χ0v) is 19.5. The van der Waals surface area contributed by atoms with Crippen molar-refractivity contribution in [2.75, 3.05) is 37.9 Å². The molecule has 0 saturated carbocycles. The number of anilines is 3. The highest BCUT2D eigenvalue weighted by Crippen LogP contribution is 2.36. The first-order chi connectivity index (χ1) is 16.5. The average molecular weight is 465 g/mol. The summed E-state index contributed by atoms with van der Waals surface area (Å²) in [4.78, 5) is 30.0. The summed E-state index contributed by atoms with van der Waals surface area (Å²) in [6, 6.07) is 5.49. The molecule has 12 nitrogen and oxygen atoms in total. The lowest BCUT2D eigenvalue weighted by Gasteiger charge is -2.16. The molecule has 2 heterocycles. The van der Waals surface area contributed by atoms with Crippen molar-refractivity contribution in [2.24, 2.45) is 17.8 Å². The molecular formula is C22H28N10O2. The third kappa shape index (κ3) is 5.72. The Morgan fingerprint density at radius 3 is 2.79 bits per heavy atom. The zero-order chi connectivity index (χ0) is 24.5. The molecule has 0 saturated heterocycles. The molecule has 1 amide bonds. The van der Waals surface area contributed by atoms with Gasteiger partial charge in [0.05, 0.1) is 18.4 Å². The van der Waals surface area contributed by atoms with E-state index >= 15 is 0 Å². The third-order valence-corrected chi connectivity index (χ3v) is 4.58. The van der Waals surface area contributed by atoms with E-state index in [-0.39, 0.29) is 23.2 Å². The van der Waals surface area contributed by atoms with Gasteiger partial charge in [-0.05, 0) is 25.1 Å². The normalized spacial score (nSPS) is 11.5. The van der Waals surface area contributed by atoms with Gasteiger partial charge in [-0.1, -0.05) is 12.1 Å². The van der Waals surface area contributed by atoms with Crippen molar-refractivity contribution >= 4 is 29.2 Å². The number of carbonyl (C=O) groups excluding carboxylic acids is 1. The lowest BCUT2D eigenvalue weighted by molar-refractivity contribution is 0.0955. The molecule has 2 aromatic heterocycles. The number of allylic oxidation sites excluding steroid dienone is 1. The number of nitrogens with one attached hydrogen (secondary N) is 3. The van der Waals surface area contributed by atoms with Gasteiger partial charge in [-0.2, -0.15) is 10.1 Å².